The van der Waals surface area contributed by atoms with Crippen LogP contribution < -0.4 is 5.73 Å². The molecule has 4 rings (SSSR count). The third-order valence-corrected chi connectivity index (χ3v) is 10.7. The van der Waals surface area contributed by atoms with Gasteiger partial charge in [0.15, 0.2) is 0 Å². The molecular formula is C49H61NO4. The minimum Gasteiger partial charge on any atom is -0.327 e. The normalized spacial score (nSPS) is 13.4. The van der Waals surface area contributed by atoms with E-state index < -0.39 is 0 Å². The van der Waals surface area contributed by atoms with Crippen LogP contribution in [0.4, 0.5) is 0 Å². The van der Waals surface area contributed by atoms with E-state index in [9.17, 15) is 19.2 Å². The maximum atomic E-state index is 13.7. The van der Waals surface area contributed by atoms with Crippen LogP contribution in [0, 0.1) is 17.8 Å². The van der Waals surface area contributed by atoms with Crippen molar-refractivity contribution in [3.05, 3.63) is 144 Å². The summed E-state index contributed by atoms with van der Waals surface area (Å²) in [6, 6.07) is 40.7. The molecule has 0 saturated carbocycles. The third-order valence-electron chi connectivity index (χ3n) is 10.7. The standard InChI is InChI=1S/C49H61NO4/c1-2-46(51)27-23-42(31-38-15-7-3-8-16-38)35-47(52)28-24-43(32-39-17-9-4-10-18-39)36-48(53)29-25-44(33-40-19-11-5-12-20-40)37-49(54)30-26-45(50)34-41-21-13-6-14-22-41/h3-22,42-45H,2,23-37,50H2,1H3/t42-,43-,44-,45+/m1/s1. The van der Waals surface area contributed by atoms with Crippen LogP contribution in [-0.2, 0) is 44.9 Å². The highest BCUT2D eigenvalue weighted by Gasteiger charge is 2.22. The van der Waals surface area contributed by atoms with E-state index in [1.165, 1.54) is 22.3 Å². The number of Topliss-reactive ketones (excluding diaryl/α,β-unsaturated/α-hetero) is 4. The maximum absolute atomic E-state index is 13.7. The largest absolute Gasteiger partial charge is 0.327 e. The molecule has 0 aliphatic heterocycles. The van der Waals surface area contributed by atoms with Crippen LogP contribution in [0.25, 0.3) is 0 Å². The van der Waals surface area contributed by atoms with Gasteiger partial charge in [0.1, 0.15) is 23.1 Å². The summed E-state index contributed by atoms with van der Waals surface area (Å²) in [4.78, 5) is 52.5. The lowest BCUT2D eigenvalue weighted by Crippen LogP contribution is -2.24. The van der Waals surface area contributed by atoms with Crippen LogP contribution in [0.5, 0.6) is 0 Å². The molecule has 0 heterocycles. The Morgan fingerprint density at radius 1 is 0.407 bits per heavy atom. The van der Waals surface area contributed by atoms with Gasteiger partial charge >= 0.3 is 0 Å². The third kappa shape index (κ3) is 17.1. The number of rotatable bonds is 27. The molecule has 2 N–H and O–H groups in total. The molecule has 4 aromatic rings. The molecule has 0 aliphatic carbocycles. The van der Waals surface area contributed by atoms with Gasteiger partial charge in [0.05, 0.1) is 0 Å². The van der Waals surface area contributed by atoms with Crippen molar-refractivity contribution < 1.29 is 19.2 Å². The summed E-state index contributed by atoms with van der Waals surface area (Å²) in [5.41, 5.74) is 11.1. The van der Waals surface area contributed by atoms with Gasteiger partial charge in [0, 0.05) is 57.4 Å². The first kappa shape index (κ1) is 42.3. The minimum atomic E-state index is -0.0704. The molecule has 4 atom stereocenters. The van der Waals surface area contributed by atoms with Crippen LogP contribution in [0.3, 0.4) is 0 Å². The number of hydrogen-bond donors (Lipinski definition) is 1. The average Bonchev–Trinajstić information content (AvgIpc) is 3.18. The van der Waals surface area contributed by atoms with E-state index in [2.05, 4.69) is 48.5 Å². The van der Waals surface area contributed by atoms with Gasteiger partial charge < -0.3 is 5.73 Å². The van der Waals surface area contributed by atoms with Gasteiger partial charge in [-0.25, -0.2) is 0 Å². The van der Waals surface area contributed by atoms with Gasteiger partial charge in [-0.15, -0.1) is 0 Å². The van der Waals surface area contributed by atoms with E-state index in [1.54, 1.807) is 0 Å². The lowest BCUT2D eigenvalue weighted by molar-refractivity contribution is -0.123. The summed E-state index contributed by atoms with van der Waals surface area (Å²) in [6.07, 6.45) is 9.33. The molecule has 0 aliphatic rings. The molecule has 5 nitrogen and oxygen atoms in total. The number of carbonyl (C=O) groups excluding carboxylic acids is 4. The first-order valence-corrected chi connectivity index (χ1v) is 20.2. The molecule has 5 heteroatoms. The van der Waals surface area contributed by atoms with Crippen LogP contribution in [0.1, 0.15) is 106 Å². The van der Waals surface area contributed by atoms with E-state index in [4.69, 9.17) is 5.73 Å². The van der Waals surface area contributed by atoms with E-state index in [-0.39, 0.29) is 46.9 Å². The van der Waals surface area contributed by atoms with Crippen LogP contribution in [0.15, 0.2) is 121 Å². The summed E-state index contributed by atoms with van der Waals surface area (Å²) in [7, 11) is 0. The molecule has 0 bridgehead atoms. The molecule has 286 valence electrons. The number of carbonyl (C=O) groups is 4. The van der Waals surface area contributed by atoms with Crippen molar-refractivity contribution >= 4 is 23.1 Å². The molecule has 0 unspecified atom stereocenters. The topological polar surface area (TPSA) is 94.3 Å². The Morgan fingerprint density at radius 3 is 1.00 bits per heavy atom. The predicted octanol–water partition coefficient (Wildman–Crippen LogP) is 10.1. The highest BCUT2D eigenvalue weighted by atomic mass is 16.1. The molecule has 4 aromatic carbocycles. The van der Waals surface area contributed by atoms with Gasteiger partial charge in [-0.1, -0.05) is 128 Å². The molecule has 0 spiro atoms. The fourth-order valence-electron chi connectivity index (χ4n) is 7.58. The van der Waals surface area contributed by atoms with Crippen molar-refractivity contribution in [3.63, 3.8) is 0 Å². The first-order valence-electron chi connectivity index (χ1n) is 20.2. The van der Waals surface area contributed by atoms with Crippen molar-refractivity contribution in [2.24, 2.45) is 23.5 Å². The SMILES string of the molecule is CCC(=O)CC[C@@H](CC(=O)CC[C@@H](CC(=O)CC[C@@H](CC(=O)CC[C@H](N)Cc1ccccc1)Cc1ccccc1)Cc1ccccc1)Cc1ccccc1. The number of hydrogen-bond acceptors (Lipinski definition) is 5. The zero-order chi connectivity index (χ0) is 38.4. The fourth-order valence-corrected chi connectivity index (χ4v) is 7.58. The van der Waals surface area contributed by atoms with Crippen molar-refractivity contribution in [2.75, 3.05) is 0 Å². The van der Waals surface area contributed by atoms with Crippen molar-refractivity contribution in [1.29, 1.82) is 0 Å². The summed E-state index contributed by atoms with van der Waals surface area (Å²) in [5.74, 6) is 1.09. The fraction of sp³-hybridized carbons (Fsp3) is 0.429. The van der Waals surface area contributed by atoms with Crippen LogP contribution in [0.2, 0.25) is 0 Å². The molecule has 0 fully saturated rings. The van der Waals surface area contributed by atoms with Gasteiger partial charge in [-0.05, 0) is 91.4 Å². The summed E-state index contributed by atoms with van der Waals surface area (Å²) >= 11 is 0. The number of ketones is 4. The van der Waals surface area contributed by atoms with Gasteiger partial charge in [-0.3, -0.25) is 19.2 Å². The van der Waals surface area contributed by atoms with Crippen LogP contribution >= 0.6 is 0 Å². The average molecular weight is 728 g/mol. The Kier molecular flexibility index (Phi) is 18.8. The summed E-state index contributed by atoms with van der Waals surface area (Å²) < 4.78 is 0. The summed E-state index contributed by atoms with van der Waals surface area (Å²) in [6.45, 7) is 1.89. The Hall–Kier alpha value is -4.48. The molecule has 0 aromatic heterocycles. The lowest BCUT2D eigenvalue weighted by Gasteiger charge is -2.20. The quantitative estimate of drug-likeness (QED) is 0.0660. The highest BCUT2D eigenvalue weighted by Crippen LogP contribution is 2.26. The van der Waals surface area contributed by atoms with Gasteiger partial charge in [0.2, 0.25) is 0 Å². The second-order valence-electron chi connectivity index (χ2n) is 15.4. The predicted molar refractivity (Wildman–Crippen MR) is 220 cm³/mol. The van der Waals surface area contributed by atoms with Gasteiger partial charge in [0.25, 0.3) is 0 Å². The highest BCUT2D eigenvalue weighted by molar-refractivity contribution is 5.81. The van der Waals surface area contributed by atoms with E-state index >= 15 is 0 Å². The Bertz CT molecular complexity index is 1670. The Balaban J connectivity index is 1.33. The maximum Gasteiger partial charge on any atom is 0.133 e. The molecule has 54 heavy (non-hydrogen) atoms. The monoisotopic (exact) mass is 727 g/mol. The number of benzene rings is 4. The molecule has 0 saturated heterocycles. The lowest BCUT2D eigenvalue weighted by atomic mass is 9.84. The second kappa shape index (κ2) is 24.0. The smallest absolute Gasteiger partial charge is 0.133 e. The molecule has 0 amide bonds. The van der Waals surface area contributed by atoms with E-state index in [0.29, 0.717) is 77.0 Å². The van der Waals surface area contributed by atoms with Gasteiger partial charge in [-0.2, -0.15) is 0 Å². The molecular weight excluding hydrogens is 667 g/mol. The summed E-state index contributed by atoms with van der Waals surface area (Å²) in [5, 5.41) is 0. The van der Waals surface area contributed by atoms with Crippen molar-refractivity contribution in [1.82, 2.24) is 0 Å². The second-order valence-corrected chi connectivity index (χ2v) is 15.4. The van der Waals surface area contributed by atoms with Crippen molar-refractivity contribution in [3.8, 4) is 0 Å². The van der Waals surface area contributed by atoms with Crippen LogP contribution in [-0.4, -0.2) is 29.2 Å². The zero-order valence-corrected chi connectivity index (χ0v) is 32.4. The van der Waals surface area contributed by atoms with E-state index in [0.717, 1.165) is 25.7 Å². The first-order chi connectivity index (χ1) is 26.2. The Morgan fingerprint density at radius 2 is 0.685 bits per heavy atom. The van der Waals surface area contributed by atoms with E-state index in [1.807, 2.05) is 79.7 Å². The number of nitrogens with two attached hydrogens (primary N) is 1. The van der Waals surface area contributed by atoms with Crippen molar-refractivity contribution in [2.45, 2.75) is 116 Å². The zero-order valence-electron chi connectivity index (χ0n) is 32.4. The Labute approximate surface area is 324 Å². The molecule has 0 radical (unpaired) electrons. The minimum absolute atomic E-state index is 0.0541.